The van der Waals surface area contributed by atoms with E-state index in [2.05, 4.69) is 5.32 Å². The molecule has 1 amide bonds. The third-order valence-corrected chi connectivity index (χ3v) is 5.90. The standard InChI is InChI=1S/C19H13NO3S2/c21-18(14-5-3-9-23-14)16-8-7-13(24-16)11-20-19(22)17-10-12-4-1-2-6-15(12)25-17/h1-10H,11H2,(H,20,22). The Kier molecular flexibility index (Phi) is 4.21. The van der Waals surface area contributed by atoms with E-state index in [9.17, 15) is 9.59 Å². The number of rotatable bonds is 5. The highest BCUT2D eigenvalue weighted by molar-refractivity contribution is 7.20. The lowest BCUT2D eigenvalue weighted by molar-refractivity contribution is 0.0954. The van der Waals surface area contributed by atoms with Gasteiger partial charge in [-0.25, -0.2) is 0 Å². The summed E-state index contributed by atoms with van der Waals surface area (Å²) in [5.41, 5.74) is 0. The van der Waals surface area contributed by atoms with E-state index in [1.54, 1.807) is 18.2 Å². The maximum Gasteiger partial charge on any atom is 0.261 e. The molecule has 4 nitrogen and oxygen atoms in total. The smallest absolute Gasteiger partial charge is 0.261 e. The molecule has 0 fully saturated rings. The third-order valence-electron chi connectivity index (χ3n) is 3.70. The van der Waals surface area contributed by atoms with Gasteiger partial charge in [-0.1, -0.05) is 18.2 Å². The third kappa shape index (κ3) is 3.26. The molecule has 0 radical (unpaired) electrons. The molecule has 3 heterocycles. The minimum Gasteiger partial charge on any atom is -0.461 e. The zero-order valence-corrected chi connectivity index (χ0v) is 14.7. The molecule has 0 atom stereocenters. The Morgan fingerprint density at radius 1 is 0.960 bits per heavy atom. The number of hydrogen-bond donors (Lipinski definition) is 1. The molecule has 1 N–H and O–H groups in total. The van der Waals surface area contributed by atoms with Crippen LogP contribution in [-0.2, 0) is 6.54 Å². The summed E-state index contributed by atoms with van der Waals surface area (Å²) in [6.45, 7) is 0.392. The van der Waals surface area contributed by atoms with Gasteiger partial charge in [0.15, 0.2) is 5.76 Å². The number of hydrogen-bond acceptors (Lipinski definition) is 5. The number of furan rings is 1. The number of thiophene rings is 2. The van der Waals surface area contributed by atoms with Crippen LogP contribution >= 0.6 is 22.7 Å². The van der Waals surface area contributed by atoms with Crippen LogP contribution in [0.15, 0.2) is 65.3 Å². The number of carbonyl (C=O) groups is 2. The molecule has 0 saturated carbocycles. The lowest BCUT2D eigenvalue weighted by Gasteiger charge is -2.00. The Bertz CT molecular complexity index is 1010. The molecule has 0 aliphatic rings. The topological polar surface area (TPSA) is 59.3 Å². The van der Waals surface area contributed by atoms with Gasteiger partial charge in [-0.15, -0.1) is 22.7 Å². The Morgan fingerprint density at radius 3 is 2.64 bits per heavy atom. The number of amides is 1. The Labute approximate surface area is 151 Å². The molecule has 0 unspecified atom stereocenters. The summed E-state index contributed by atoms with van der Waals surface area (Å²) in [5.74, 6) is 0.0771. The van der Waals surface area contributed by atoms with Gasteiger partial charge in [-0.3, -0.25) is 9.59 Å². The SMILES string of the molecule is O=C(NCc1ccc(C(=O)c2ccco2)s1)c1cc2ccccc2s1. The lowest BCUT2D eigenvalue weighted by atomic mass is 10.2. The quantitative estimate of drug-likeness (QED) is 0.519. The number of fused-ring (bicyclic) bond motifs is 1. The first-order valence-electron chi connectivity index (χ1n) is 7.64. The summed E-state index contributed by atoms with van der Waals surface area (Å²) >= 11 is 2.83. The van der Waals surface area contributed by atoms with Crippen LogP contribution in [0.3, 0.4) is 0 Å². The van der Waals surface area contributed by atoms with Crippen molar-refractivity contribution >= 4 is 44.5 Å². The van der Waals surface area contributed by atoms with Gasteiger partial charge < -0.3 is 9.73 Å². The lowest BCUT2D eigenvalue weighted by Crippen LogP contribution is -2.21. The first-order chi connectivity index (χ1) is 12.2. The minimum atomic E-state index is -0.142. The highest BCUT2D eigenvalue weighted by atomic mass is 32.1. The fraction of sp³-hybridized carbons (Fsp3) is 0.0526. The number of carbonyl (C=O) groups excluding carboxylic acids is 2. The van der Waals surface area contributed by atoms with Crippen LogP contribution < -0.4 is 5.32 Å². The average Bonchev–Trinajstić information content (AvgIpc) is 3.39. The van der Waals surface area contributed by atoms with Crippen molar-refractivity contribution in [3.8, 4) is 0 Å². The second kappa shape index (κ2) is 6.66. The van der Waals surface area contributed by atoms with Crippen molar-refractivity contribution in [2.75, 3.05) is 0 Å². The summed E-state index contributed by atoms with van der Waals surface area (Å²) in [4.78, 5) is 26.8. The van der Waals surface area contributed by atoms with Gasteiger partial charge in [0, 0.05) is 9.58 Å². The molecule has 4 aromatic rings. The van der Waals surface area contributed by atoms with Gasteiger partial charge in [-0.2, -0.15) is 0 Å². The van der Waals surface area contributed by atoms with Gasteiger partial charge in [0.05, 0.1) is 22.6 Å². The van der Waals surface area contributed by atoms with Gasteiger partial charge in [0.2, 0.25) is 5.78 Å². The van der Waals surface area contributed by atoms with Gasteiger partial charge in [0.25, 0.3) is 5.91 Å². The molecular formula is C19H13NO3S2. The summed E-state index contributed by atoms with van der Waals surface area (Å²) in [5, 5.41) is 3.98. The molecular weight excluding hydrogens is 354 g/mol. The van der Waals surface area contributed by atoms with E-state index >= 15 is 0 Å². The predicted molar refractivity (Wildman–Crippen MR) is 99.5 cm³/mol. The van der Waals surface area contributed by atoms with Crippen molar-refractivity contribution < 1.29 is 14.0 Å². The van der Waals surface area contributed by atoms with Crippen molar-refractivity contribution in [1.82, 2.24) is 5.32 Å². The fourth-order valence-corrected chi connectivity index (χ4v) is 4.34. The van der Waals surface area contributed by atoms with Crippen molar-refractivity contribution in [2.24, 2.45) is 0 Å². The Hall–Kier alpha value is -2.70. The molecule has 4 rings (SSSR count). The molecule has 6 heteroatoms. The number of ketones is 1. The second-order valence-electron chi connectivity index (χ2n) is 5.40. The summed E-state index contributed by atoms with van der Waals surface area (Å²) in [6, 6.07) is 16.8. The van der Waals surface area contributed by atoms with Crippen LogP contribution in [0.2, 0.25) is 0 Å². The molecule has 3 aromatic heterocycles. The number of nitrogens with one attached hydrogen (secondary N) is 1. The van der Waals surface area contributed by atoms with Gasteiger partial charge >= 0.3 is 0 Å². The zero-order chi connectivity index (χ0) is 17.2. The molecule has 25 heavy (non-hydrogen) atoms. The first kappa shape index (κ1) is 15.8. The van der Waals surface area contributed by atoms with Crippen LogP contribution in [0.25, 0.3) is 10.1 Å². The van der Waals surface area contributed by atoms with E-state index in [1.165, 1.54) is 28.9 Å². The van der Waals surface area contributed by atoms with Gasteiger partial charge in [-0.05, 0) is 41.8 Å². The normalized spacial score (nSPS) is 10.9. The molecule has 0 bridgehead atoms. The van der Waals surface area contributed by atoms with Crippen molar-refractivity contribution in [3.63, 3.8) is 0 Å². The Balaban J connectivity index is 1.43. The molecule has 0 saturated heterocycles. The largest absolute Gasteiger partial charge is 0.461 e. The highest BCUT2D eigenvalue weighted by Gasteiger charge is 2.15. The maximum atomic E-state index is 12.3. The van der Waals surface area contributed by atoms with E-state index in [4.69, 9.17) is 4.42 Å². The molecule has 0 aliphatic carbocycles. The van der Waals surface area contributed by atoms with E-state index in [1.807, 2.05) is 36.4 Å². The maximum absolute atomic E-state index is 12.3. The fourth-order valence-electron chi connectivity index (χ4n) is 2.47. The second-order valence-corrected chi connectivity index (χ2v) is 7.66. The Morgan fingerprint density at radius 2 is 1.84 bits per heavy atom. The molecule has 0 aliphatic heterocycles. The van der Waals surface area contributed by atoms with Crippen LogP contribution in [-0.4, -0.2) is 11.7 Å². The monoisotopic (exact) mass is 367 g/mol. The molecule has 1 aromatic carbocycles. The van der Waals surface area contributed by atoms with E-state index in [0.717, 1.165) is 15.0 Å². The average molecular weight is 367 g/mol. The van der Waals surface area contributed by atoms with Crippen molar-refractivity contribution in [1.29, 1.82) is 0 Å². The zero-order valence-electron chi connectivity index (χ0n) is 13.0. The van der Waals surface area contributed by atoms with Crippen LogP contribution in [0.5, 0.6) is 0 Å². The van der Waals surface area contributed by atoms with Crippen molar-refractivity contribution in [3.05, 3.63) is 81.3 Å². The van der Waals surface area contributed by atoms with Crippen LogP contribution in [0.4, 0.5) is 0 Å². The molecule has 124 valence electrons. The minimum absolute atomic E-state index is 0.103. The summed E-state index contributed by atoms with van der Waals surface area (Å²) in [7, 11) is 0. The first-order valence-corrected chi connectivity index (χ1v) is 9.28. The molecule has 0 spiro atoms. The van der Waals surface area contributed by atoms with Crippen molar-refractivity contribution in [2.45, 2.75) is 6.54 Å². The summed E-state index contributed by atoms with van der Waals surface area (Å²) < 4.78 is 6.23. The highest BCUT2D eigenvalue weighted by Crippen LogP contribution is 2.25. The summed E-state index contributed by atoms with van der Waals surface area (Å²) in [6.07, 6.45) is 1.48. The van der Waals surface area contributed by atoms with E-state index < -0.39 is 0 Å². The van der Waals surface area contributed by atoms with Crippen LogP contribution in [0, 0.1) is 0 Å². The van der Waals surface area contributed by atoms with E-state index in [0.29, 0.717) is 22.1 Å². The van der Waals surface area contributed by atoms with Gasteiger partial charge in [0.1, 0.15) is 0 Å². The van der Waals surface area contributed by atoms with Crippen LogP contribution in [0.1, 0.15) is 30.0 Å². The number of benzene rings is 1. The predicted octanol–water partition coefficient (Wildman–Crippen LogP) is 4.72. The van der Waals surface area contributed by atoms with E-state index in [-0.39, 0.29) is 11.7 Å².